The normalized spacial score (nSPS) is 15.7. The first-order chi connectivity index (χ1) is 14.4. The van der Waals surface area contributed by atoms with Crippen molar-refractivity contribution in [3.8, 4) is 5.75 Å². The largest absolute Gasteiger partial charge is 0.497 e. The third-order valence-electron chi connectivity index (χ3n) is 5.00. The van der Waals surface area contributed by atoms with Gasteiger partial charge in [-0.05, 0) is 23.6 Å². The maximum atomic E-state index is 12.0. The maximum Gasteiger partial charge on any atom is 0.243 e. The van der Waals surface area contributed by atoms with Gasteiger partial charge in [0.2, 0.25) is 5.91 Å². The van der Waals surface area contributed by atoms with Gasteiger partial charge in [0, 0.05) is 40.3 Å². The third-order valence-corrected chi connectivity index (χ3v) is 5.00. The highest BCUT2D eigenvalue weighted by atomic mass is 127. The number of ether oxygens (including phenoxy) is 2. The van der Waals surface area contributed by atoms with Crippen LogP contribution in [-0.4, -0.2) is 88.8 Å². The summed E-state index contributed by atoms with van der Waals surface area (Å²) in [6.07, 6.45) is 0. The zero-order valence-corrected chi connectivity index (χ0v) is 21.7. The lowest BCUT2D eigenvalue weighted by molar-refractivity contribution is -0.127. The maximum absolute atomic E-state index is 12.0. The third kappa shape index (κ3) is 9.61. The van der Waals surface area contributed by atoms with Crippen LogP contribution in [0.3, 0.4) is 0 Å². The molecule has 8 nitrogen and oxygen atoms in total. The Hall–Kier alpha value is -1.59. The Balaban J connectivity index is 0.00000480. The molecule has 0 saturated carbocycles. The Labute approximate surface area is 203 Å². The molecule has 1 aromatic carbocycles. The summed E-state index contributed by atoms with van der Waals surface area (Å²) in [6, 6.07) is 8.36. The van der Waals surface area contributed by atoms with Crippen LogP contribution in [0.1, 0.15) is 25.5 Å². The molecule has 0 spiro atoms. The van der Waals surface area contributed by atoms with Crippen LogP contribution in [0.2, 0.25) is 0 Å². The van der Waals surface area contributed by atoms with Crippen LogP contribution in [0.25, 0.3) is 0 Å². The summed E-state index contributed by atoms with van der Waals surface area (Å²) < 4.78 is 10.8. The smallest absolute Gasteiger partial charge is 0.243 e. The minimum atomic E-state index is -0.0273. The van der Waals surface area contributed by atoms with Crippen LogP contribution in [0.15, 0.2) is 29.3 Å². The number of hydrogen-bond donors (Lipinski definition) is 2. The van der Waals surface area contributed by atoms with E-state index in [4.69, 9.17) is 9.47 Å². The van der Waals surface area contributed by atoms with Crippen LogP contribution in [0.4, 0.5) is 0 Å². The predicted octanol–water partition coefficient (Wildman–Crippen LogP) is 1.97. The van der Waals surface area contributed by atoms with E-state index in [0.717, 1.165) is 38.6 Å². The summed E-state index contributed by atoms with van der Waals surface area (Å²) >= 11 is 0. The zero-order valence-electron chi connectivity index (χ0n) is 19.4. The quantitative estimate of drug-likeness (QED) is 0.280. The molecule has 31 heavy (non-hydrogen) atoms. The lowest BCUT2D eigenvalue weighted by atomic mass is 10.0. The van der Waals surface area contributed by atoms with Crippen molar-refractivity contribution in [2.75, 3.05) is 67.1 Å². The Morgan fingerprint density at radius 2 is 1.77 bits per heavy atom. The topological polar surface area (TPSA) is 78.4 Å². The SMILES string of the molecule is COc1ccc(C(CNC(=NCC(=O)N(C)C)NCC(C)C)N2CCOCC2)cc1.I. The zero-order chi connectivity index (χ0) is 21.9. The van der Waals surface area contributed by atoms with Gasteiger partial charge in [0.05, 0.1) is 26.4 Å². The number of guanidine groups is 1. The first-order valence-corrected chi connectivity index (χ1v) is 10.6. The van der Waals surface area contributed by atoms with E-state index in [1.807, 2.05) is 12.1 Å². The fourth-order valence-electron chi connectivity index (χ4n) is 3.13. The van der Waals surface area contributed by atoms with Gasteiger partial charge in [-0.25, -0.2) is 4.99 Å². The molecule has 1 heterocycles. The molecule has 1 aliphatic rings. The van der Waals surface area contributed by atoms with E-state index in [2.05, 4.69) is 46.5 Å². The van der Waals surface area contributed by atoms with Crippen molar-refractivity contribution in [3.63, 3.8) is 0 Å². The van der Waals surface area contributed by atoms with E-state index in [1.54, 1.807) is 26.1 Å². The summed E-state index contributed by atoms with van der Waals surface area (Å²) in [6.45, 7) is 9.08. The minimum absolute atomic E-state index is 0. The van der Waals surface area contributed by atoms with Gasteiger partial charge in [-0.15, -0.1) is 24.0 Å². The van der Waals surface area contributed by atoms with Crippen LogP contribution in [0.5, 0.6) is 5.75 Å². The summed E-state index contributed by atoms with van der Waals surface area (Å²) in [5.74, 6) is 1.94. The predicted molar refractivity (Wildman–Crippen MR) is 135 cm³/mol. The van der Waals surface area contributed by atoms with Crippen LogP contribution >= 0.6 is 24.0 Å². The molecule has 1 aromatic rings. The van der Waals surface area contributed by atoms with Gasteiger partial charge >= 0.3 is 0 Å². The van der Waals surface area contributed by atoms with Gasteiger partial charge in [-0.2, -0.15) is 0 Å². The molecule has 2 rings (SSSR count). The van der Waals surface area contributed by atoms with Crippen molar-refractivity contribution in [2.45, 2.75) is 19.9 Å². The monoisotopic (exact) mass is 547 g/mol. The first kappa shape index (κ1) is 27.4. The molecular formula is C22H38IN5O3. The molecule has 2 N–H and O–H groups in total. The number of halogens is 1. The summed E-state index contributed by atoms with van der Waals surface area (Å²) in [7, 11) is 5.16. The molecule has 1 fully saturated rings. The minimum Gasteiger partial charge on any atom is -0.497 e. The average molecular weight is 547 g/mol. The van der Waals surface area contributed by atoms with Crippen molar-refractivity contribution in [1.29, 1.82) is 0 Å². The number of nitrogens with one attached hydrogen (secondary N) is 2. The Morgan fingerprint density at radius 3 is 2.32 bits per heavy atom. The number of aliphatic imine (C=N–C) groups is 1. The van der Waals surface area contributed by atoms with E-state index in [9.17, 15) is 4.79 Å². The molecule has 176 valence electrons. The number of hydrogen-bond acceptors (Lipinski definition) is 5. The lowest BCUT2D eigenvalue weighted by Gasteiger charge is -2.35. The van der Waals surface area contributed by atoms with Gasteiger partial charge in [0.1, 0.15) is 12.3 Å². The second kappa shape index (κ2) is 14.5. The van der Waals surface area contributed by atoms with Crippen molar-refractivity contribution in [3.05, 3.63) is 29.8 Å². The van der Waals surface area contributed by atoms with Gasteiger partial charge < -0.3 is 25.0 Å². The summed E-state index contributed by atoms with van der Waals surface area (Å²) in [5, 5.41) is 6.79. The molecule has 0 aliphatic carbocycles. The van der Waals surface area contributed by atoms with Crippen molar-refractivity contribution >= 4 is 35.8 Å². The molecule has 1 aliphatic heterocycles. The number of benzene rings is 1. The average Bonchev–Trinajstić information content (AvgIpc) is 2.75. The number of nitrogens with zero attached hydrogens (tertiary/aromatic N) is 3. The highest BCUT2D eigenvalue weighted by Gasteiger charge is 2.23. The van der Waals surface area contributed by atoms with Crippen molar-refractivity contribution in [1.82, 2.24) is 20.4 Å². The standard InChI is InChI=1S/C22H37N5O3.HI/c1-17(2)14-23-22(25-16-21(28)26(3)4)24-15-20(27-10-12-30-13-11-27)18-6-8-19(29-5)9-7-18;/h6-9,17,20H,10-16H2,1-5H3,(H2,23,24,25);1H. The van der Waals surface area contributed by atoms with Crippen LogP contribution in [0, 0.1) is 5.92 Å². The highest BCUT2D eigenvalue weighted by Crippen LogP contribution is 2.23. The van der Waals surface area contributed by atoms with Crippen LogP contribution in [-0.2, 0) is 9.53 Å². The molecule has 0 aromatic heterocycles. The Morgan fingerprint density at radius 1 is 1.16 bits per heavy atom. The van der Waals surface area contributed by atoms with Gasteiger partial charge in [0.25, 0.3) is 0 Å². The molecule has 1 atom stereocenters. The molecular weight excluding hydrogens is 509 g/mol. The number of likely N-dealkylation sites (N-methyl/N-ethyl adjacent to an activating group) is 1. The first-order valence-electron chi connectivity index (χ1n) is 10.6. The second-order valence-corrected chi connectivity index (χ2v) is 8.05. The molecule has 0 bridgehead atoms. The Bertz CT molecular complexity index is 676. The lowest BCUT2D eigenvalue weighted by Crippen LogP contribution is -2.47. The fourth-order valence-corrected chi connectivity index (χ4v) is 3.13. The van der Waals surface area contributed by atoms with Gasteiger partial charge in [-0.1, -0.05) is 26.0 Å². The molecule has 1 amide bonds. The summed E-state index contributed by atoms with van der Waals surface area (Å²) in [5.41, 5.74) is 1.21. The van der Waals surface area contributed by atoms with E-state index >= 15 is 0 Å². The number of methoxy groups -OCH3 is 1. The number of amides is 1. The van der Waals surface area contributed by atoms with E-state index in [0.29, 0.717) is 18.4 Å². The second-order valence-electron chi connectivity index (χ2n) is 8.05. The molecule has 9 heteroatoms. The number of carbonyl (C=O) groups is 1. The summed E-state index contributed by atoms with van der Waals surface area (Å²) in [4.78, 5) is 20.5. The van der Waals surface area contributed by atoms with Gasteiger partial charge in [-0.3, -0.25) is 9.69 Å². The Kier molecular flexibility index (Phi) is 12.8. The number of morpholine rings is 1. The molecule has 1 saturated heterocycles. The van der Waals surface area contributed by atoms with Crippen molar-refractivity contribution in [2.24, 2.45) is 10.9 Å². The molecule has 1 unspecified atom stereocenters. The van der Waals surface area contributed by atoms with E-state index < -0.39 is 0 Å². The number of rotatable bonds is 9. The molecule has 0 radical (unpaired) electrons. The fraction of sp³-hybridized carbons (Fsp3) is 0.636. The number of carbonyl (C=O) groups excluding carboxylic acids is 1. The van der Waals surface area contributed by atoms with E-state index in [1.165, 1.54) is 5.56 Å². The van der Waals surface area contributed by atoms with Crippen molar-refractivity contribution < 1.29 is 14.3 Å². The van der Waals surface area contributed by atoms with Crippen LogP contribution < -0.4 is 15.4 Å². The highest BCUT2D eigenvalue weighted by molar-refractivity contribution is 14.0. The van der Waals surface area contributed by atoms with E-state index in [-0.39, 0.29) is 42.5 Å². The van der Waals surface area contributed by atoms with Gasteiger partial charge in [0.15, 0.2) is 5.96 Å².